The first kappa shape index (κ1) is 15.0. The van der Waals surface area contributed by atoms with E-state index in [-0.39, 0.29) is 10.9 Å². The molecule has 0 saturated carbocycles. The maximum Gasteiger partial charge on any atom is 0.177 e. The Morgan fingerprint density at radius 2 is 2.20 bits per heavy atom. The van der Waals surface area contributed by atoms with Gasteiger partial charge in [0.05, 0.1) is 16.5 Å². The molecule has 20 heavy (non-hydrogen) atoms. The molecule has 0 bridgehead atoms. The molecular formula is C13H19N3O3S. The number of ether oxygens (including phenoxy) is 1. The van der Waals surface area contributed by atoms with Gasteiger partial charge in [-0.2, -0.15) is 0 Å². The number of sulfone groups is 1. The van der Waals surface area contributed by atoms with Crippen molar-refractivity contribution in [3.8, 4) is 0 Å². The first-order valence-corrected chi connectivity index (χ1v) is 8.26. The summed E-state index contributed by atoms with van der Waals surface area (Å²) in [5, 5.41) is 0. The number of aromatic nitrogens is 2. The van der Waals surface area contributed by atoms with Gasteiger partial charge in [0.25, 0.3) is 0 Å². The van der Waals surface area contributed by atoms with Crippen LogP contribution in [0.3, 0.4) is 0 Å². The fourth-order valence-corrected chi connectivity index (χ4v) is 2.92. The Kier molecular flexibility index (Phi) is 4.42. The average Bonchev–Trinajstić information content (AvgIpc) is 2.81. The van der Waals surface area contributed by atoms with Gasteiger partial charge in [0.1, 0.15) is 11.3 Å². The second kappa shape index (κ2) is 5.90. The Labute approximate surface area is 118 Å². The van der Waals surface area contributed by atoms with E-state index >= 15 is 0 Å². The van der Waals surface area contributed by atoms with Crippen molar-refractivity contribution in [3.63, 3.8) is 0 Å². The van der Waals surface area contributed by atoms with Gasteiger partial charge in [-0.05, 0) is 25.0 Å². The van der Waals surface area contributed by atoms with Crippen LogP contribution in [-0.2, 0) is 14.6 Å². The van der Waals surface area contributed by atoms with Crippen LogP contribution < -0.4 is 5.73 Å². The monoisotopic (exact) mass is 297 g/mol. The molecule has 110 valence electrons. The predicted molar refractivity (Wildman–Crippen MR) is 77.2 cm³/mol. The van der Waals surface area contributed by atoms with Crippen LogP contribution in [0.15, 0.2) is 23.1 Å². The molecule has 2 aromatic rings. The van der Waals surface area contributed by atoms with Crippen LogP contribution in [-0.4, -0.2) is 38.4 Å². The summed E-state index contributed by atoms with van der Waals surface area (Å²) in [6, 6.07) is 4.78. The molecule has 0 spiro atoms. The first-order chi connectivity index (χ1) is 9.43. The third-order valence-electron chi connectivity index (χ3n) is 3.11. The molecule has 1 unspecified atom stereocenters. The average molecular weight is 297 g/mol. The highest BCUT2D eigenvalue weighted by molar-refractivity contribution is 7.91. The molecule has 0 radical (unpaired) electrons. The van der Waals surface area contributed by atoms with Crippen LogP contribution in [0.25, 0.3) is 11.0 Å². The van der Waals surface area contributed by atoms with E-state index in [1.807, 2.05) is 0 Å². The molecule has 0 aliphatic heterocycles. The molecule has 0 fully saturated rings. The highest BCUT2D eigenvalue weighted by Gasteiger charge is 2.17. The number of fused-ring (bicyclic) bond motifs is 1. The Balaban J connectivity index is 2.34. The van der Waals surface area contributed by atoms with Crippen molar-refractivity contribution in [1.29, 1.82) is 0 Å². The second-order valence-electron chi connectivity index (χ2n) is 4.79. The van der Waals surface area contributed by atoms with Gasteiger partial charge in [-0.3, -0.25) is 0 Å². The molecule has 1 heterocycles. The summed E-state index contributed by atoms with van der Waals surface area (Å²) in [5.41, 5.74) is 7.20. The van der Waals surface area contributed by atoms with E-state index in [0.29, 0.717) is 23.5 Å². The van der Waals surface area contributed by atoms with E-state index in [9.17, 15) is 8.42 Å². The van der Waals surface area contributed by atoms with Crippen molar-refractivity contribution in [2.45, 2.75) is 23.8 Å². The highest BCUT2D eigenvalue weighted by Crippen LogP contribution is 2.23. The lowest BCUT2D eigenvalue weighted by Gasteiger charge is -2.07. The summed E-state index contributed by atoms with van der Waals surface area (Å²) < 4.78 is 28.5. The van der Waals surface area contributed by atoms with E-state index in [1.54, 1.807) is 25.3 Å². The van der Waals surface area contributed by atoms with E-state index in [4.69, 9.17) is 10.5 Å². The van der Waals surface area contributed by atoms with Crippen LogP contribution >= 0.6 is 0 Å². The maximum atomic E-state index is 11.7. The van der Waals surface area contributed by atoms with Gasteiger partial charge in [-0.1, -0.05) is 6.07 Å². The zero-order valence-electron chi connectivity index (χ0n) is 11.6. The van der Waals surface area contributed by atoms with Crippen molar-refractivity contribution in [2.24, 2.45) is 5.73 Å². The number of nitrogens with zero attached hydrogens (tertiary/aromatic N) is 1. The van der Waals surface area contributed by atoms with Gasteiger partial charge in [-0.15, -0.1) is 0 Å². The molecule has 1 atom stereocenters. The molecule has 6 nitrogen and oxygen atoms in total. The molecule has 7 heteroatoms. The van der Waals surface area contributed by atoms with Gasteiger partial charge in [0.15, 0.2) is 9.84 Å². The summed E-state index contributed by atoms with van der Waals surface area (Å²) in [4.78, 5) is 7.67. The summed E-state index contributed by atoms with van der Waals surface area (Å²) in [5.74, 6) is 0.604. The summed E-state index contributed by atoms with van der Waals surface area (Å²) in [6.45, 7) is 0.641. The van der Waals surface area contributed by atoms with Crippen LogP contribution in [0, 0.1) is 0 Å². The molecule has 1 aromatic carbocycles. The molecular weight excluding hydrogens is 278 g/mol. The molecule has 0 aliphatic rings. The molecule has 0 saturated heterocycles. The van der Waals surface area contributed by atoms with Crippen LogP contribution in [0.5, 0.6) is 0 Å². The minimum atomic E-state index is -3.31. The van der Waals surface area contributed by atoms with Gasteiger partial charge in [-0.25, -0.2) is 13.4 Å². The molecule has 0 amide bonds. The SMILES string of the molecule is COCCCC(N)c1nc2c(S(C)(=O)=O)cccc2[nH]1. The lowest BCUT2D eigenvalue weighted by molar-refractivity contribution is 0.190. The lowest BCUT2D eigenvalue weighted by Crippen LogP contribution is -2.12. The first-order valence-electron chi connectivity index (χ1n) is 6.36. The molecule has 2 rings (SSSR count). The highest BCUT2D eigenvalue weighted by atomic mass is 32.2. The molecule has 1 aromatic heterocycles. The Hall–Kier alpha value is -1.44. The Bertz CT molecular complexity index is 694. The van der Waals surface area contributed by atoms with E-state index in [2.05, 4.69) is 9.97 Å². The fraction of sp³-hybridized carbons (Fsp3) is 0.462. The number of hydrogen-bond acceptors (Lipinski definition) is 5. The van der Waals surface area contributed by atoms with Crippen LogP contribution in [0.4, 0.5) is 0 Å². The number of hydrogen-bond donors (Lipinski definition) is 2. The minimum Gasteiger partial charge on any atom is -0.385 e. The molecule has 0 aliphatic carbocycles. The predicted octanol–water partition coefficient (Wildman–Crippen LogP) is 1.39. The lowest BCUT2D eigenvalue weighted by atomic mass is 10.1. The van der Waals surface area contributed by atoms with Crippen molar-refractivity contribution in [2.75, 3.05) is 20.0 Å². The quantitative estimate of drug-likeness (QED) is 0.785. The number of aromatic amines is 1. The number of nitrogens with two attached hydrogens (primary N) is 1. The van der Waals surface area contributed by atoms with Crippen molar-refractivity contribution < 1.29 is 13.2 Å². The van der Waals surface area contributed by atoms with E-state index in [1.165, 1.54) is 6.26 Å². The number of imidazole rings is 1. The molecule has 3 N–H and O–H groups in total. The van der Waals surface area contributed by atoms with Crippen molar-refractivity contribution in [3.05, 3.63) is 24.0 Å². The number of rotatable bonds is 6. The van der Waals surface area contributed by atoms with E-state index < -0.39 is 9.84 Å². The Morgan fingerprint density at radius 1 is 1.45 bits per heavy atom. The largest absolute Gasteiger partial charge is 0.385 e. The number of nitrogens with one attached hydrogen (secondary N) is 1. The summed E-state index contributed by atoms with van der Waals surface area (Å²) in [7, 11) is -1.66. The summed E-state index contributed by atoms with van der Waals surface area (Å²) >= 11 is 0. The zero-order valence-corrected chi connectivity index (χ0v) is 12.4. The smallest absolute Gasteiger partial charge is 0.177 e. The normalized spacial score (nSPS) is 13.8. The standard InChI is InChI=1S/C13H19N3O3S/c1-19-8-4-5-9(14)13-15-10-6-3-7-11(12(10)16-13)20(2,17)18/h3,6-7,9H,4-5,8,14H2,1-2H3,(H,15,16). The number of para-hydroxylation sites is 1. The van der Waals surface area contributed by atoms with Crippen LogP contribution in [0.2, 0.25) is 0 Å². The van der Waals surface area contributed by atoms with Crippen molar-refractivity contribution in [1.82, 2.24) is 9.97 Å². The maximum absolute atomic E-state index is 11.7. The van der Waals surface area contributed by atoms with Gasteiger partial charge in [0, 0.05) is 20.0 Å². The minimum absolute atomic E-state index is 0.224. The zero-order chi connectivity index (χ0) is 14.8. The van der Waals surface area contributed by atoms with Gasteiger partial charge < -0.3 is 15.5 Å². The number of H-pyrrole nitrogens is 1. The Morgan fingerprint density at radius 3 is 2.85 bits per heavy atom. The fourth-order valence-electron chi connectivity index (χ4n) is 2.08. The third kappa shape index (κ3) is 3.17. The van der Waals surface area contributed by atoms with Gasteiger partial charge >= 0.3 is 0 Å². The summed E-state index contributed by atoms with van der Waals surface area (Å²) in [6.07, 6.45) is 2.73. The van der Waals surface area contributed by atoms with E-state index in [0.717, 1.165) is 12.8 Å². The number of benzene rings is 1. The third-order valence-corrected chi connectivity index (χ3v) is 4.24. The number of methoxy groups -OCH3 is 1. The van der Waals surface area contributed by atoms with Gasteiger partial charge in [0.2, 0.25) is 0 Å². The van der Waals surface area contributed by atoms with Crippen LogP contribution in [0.1, 0.15) is 24.7 Å². The van der Waals surface area contributed by atoms with Crippen molar-refractivity contribution >= 4 is 20.9 Å². The second-order valence-corrected chi connectivity index (χ2v) is 6.77. The topological polar surface area (TPSA) is 98.1 Å².